The Morgan fingerprint density at radius 2 is 2.21 bits per heavy atom. The van der Waals surface area contributed by atoms with Crippen molar-refractivity contribution in [3.63, 3.8) is 0 Å². The summed E-state index contributed by atoms with van der Waals surface area (Å²) < 4.78 is 4.78. The molecule has 76 valence electrons. The number of phenolic OH excluding ortho intramolecular Hbond substituents is 1. The maximum absolute atomic E-state index is 11.3. The first-order valence-electron chi connectivity index (χ1n) is 4.26. The van der Waals surface area contributed by atoms with Crippen LogP contribution in [0.5, 0.6) is 5.75 Å². The summed E-state index contributed by atoms with van der Waals surface area (Å²) >= 11 is 4.12. The number of hydrogen-bond acceptors (Lipinski definition) is 4. The topological polar surface area (TPSA) is 46.5 Å². The number of hydrogen-bond donors (Lipinski definition) is 2. The van der Waals surface area contributed by atoms with E-state index in [4.69, 9.17) is 4.74 Å². The highest BCUT2D eigenvalue weighted by Gasteiger charge is 2.14. The van der Waals surface area contributed by atoms with Crippen LogP contribution in [0, 0.1) is 6.92 Å². The predicted octanol–water partition coefficient (Wildman–Crippen LogP) is 2.17. The highest BCUT2D eigenvalue weighted by Crippen LogP contribution is 2.27. The van der Waals surface area contributed by atoms with Crippen LogP contribution in [0.3, 0.4) is 0 Å². The van der Waals surface area contributed by atoms with Crippen molar-refractivity contribution in [2.45, 2.75) is 18.7 Å². The zero-order chi connectivity index (χ0) is 10.7. The van der Waals surface area contributed by atoms with Crippen LogP contribution in [0.2, 0.25) is 0 Å². The molecular formula is C10H12O3S. The highest BCUT2D eigenvalue weighted by atomic mass is 32.1. The smallest absolute Gasteiger partial charge is 0.341 e. The van der Waals surface area contributed by atoms with Crippen LogP contribution in [0.15, 0.2) is 17.0 Å². The lowest BCUT2D eigenvalue weighted by atomic mass is 10.1. The molecule has 1 N–H and O–H groups in total. The molecule has 0 saturated carbocycles. The largest absolute Gasteiger partial charge is 0.507 e. The molecule has 1 aromatic rings. The molecule has 0 atom stereocenters. The fourth-order valence-corrected chi connectivity index (χ4v) is 1.24. The van der Waals surface area contributed by atoms with Gasteiger partial charge < -0.3 is 9.84 Å². The second-order valence-electron chi connectivity index (χ2n) is 2.83. The van der Waals surface area contributed by atoms with Gasteiger partial charge in [0.15, 0.2) is 0 Å². The maximum atomic E-state index is 11.3. The number of phenols is 1. The third-order valence-corrected chi connectivity index (χ3v) is 2.38. The summed E-state index contributed by atoms with van der Waals surface area (Å²) in [6, 6.07) is 3.16. The molecule has 0 amide bonds. The van der Waals surface area contributed by atoms with Gasteiger partial charge in [0, 0.05) is 10.5 Å². The summed E-state index contributed by atoms with van der Waals surface area (Å²) in [6.07, 6.45) is 0. The van der Waals surface area contributed by atoms with Gasteiger partial charge in [0.25, 0.3) is 0 Å². The summed E-state index contributed by atoms with van der Waals surface area (Å²) in [5.41, 5.74) is 0.765. The van der Waals surface area contributed by atoms with Crippen molar-refractivity contribution in [2.24, 2.45) is 0 Å². The molecule has 0 saturated heterocycles. The minimum atomic E-state index is -0.513. The lowest BCUT2D eigenvalue weighted by molar-refractivity contribution is 0.0523. The molecule has 0 fully saturated rings. The van der Waals surface area contributed by atoms with Crippen molar-refractivity contribution in [2.75, 3.05) is 6.61 Å². The normalized spacial score (nSPS) is 9.93. The van der Waals surface area contributed by atoms with Crippen molar-refractivity contribution < 1.29 is 14.6 Å². The van der Waals surface area contributed by atoms with Crippen molar-refractivity contribution >= 4 is 18.6 Å². The maximum Gasteiger partial charge on any atom is 0.341 e. The molecule has 0 aliphatic carbocycles. The van der Waals surface area contributed by atoms with Gasteiger partial charge >= 0.3 is 5.97 Å². The Bertz CT molecular complexity index is 361. The molecule has 14 heavy (non-hydrogen) atoms. The van der Waals surface area contributed by atoms with E-state index in [1.54, 1.807) is 19.9 Å². The molecule has 0 aliphatic rings. The van der Waals surface area contributed by atoms with Gasteiger partial charge in [0.2, 0.25) is 0 Å². The Morgan fingerprint density at radius 1 is 1.57 bits per heavy atom. The van der Waals surface area contributed by atoms with Gasteiger partial charge in [-0.05, 0) is 26.0 Å². The van der Waals surface area contributed by atoms with Crippen LogP contribution in [0.4, 0.5) is 0 Å². The molecule has 3 nitrogen and oxygen atoms in total. The van der Waals surface area contributed by atoms with Crippen LogP contribution in [0.1, 0.15) is 22.8 Å². The van der Waals surface area contributed by atoms with Gasteiger partial charge in [-0.3, -0.25) is 0 Å². The molecule has 0 aromatic heterocycles. The van der Waals surface area contributed by atoms with Crippen LogP contribution in [0.25, 0.3) is 0 Å². The molecule has 0 unspecified atom stereocenters. The first-order chi connectivity index (χ1) is 6.57. The van der Waals surface area contributed by atoms with E-state index >= 15 is 0 Å². The Kier molecular flexibility index (Phi) is 3.41. The quantitative estimate of drug-likeness (QED) is 0.583. The molecule has 0 spiro atoms. The fourth-order valence-electron chi connectivity index (χ4n) is 1.06. The molecule has 0 aliphatic heterocycles. The molecule has 1 aromatic carbocycles. The Hall–Kier alpha value is -1.16. The van der Waals surface area contributed by atoms with Crippen LogP contribution >= 0.6 is 12.6 Å². The van der Waals surface area contributed by atoms with Crippen LogP contribution in [-0.2, 0) is 4.74 Å². The minimum Gasteiger partial charge on any atom is -0.507 e. The first-order valence-corrected chi connectivity index (χ1v) is 4.71. The fraction of sp³-hybridized carbons (Fsp3) is 0.300. The second kappa shape index (κ2) is 4.37. The van der Waals surface area contributed by atoms with Gasteiger partial charge in [-0.15, -0.1) is 12.6 Å². The van der Waals surface area contributed by atoms with Crippen LogP contribution in [-0.4, -0.2) is 17.7 Å². The number of thiol groups is 1. The molecular weight excluding hydrogens is 200 g/mol. The van der Waals surface area contributed by atoms with Crippen LogP contribution < -0.4 is 0 Å². The number of benzene rings is 1. The van der Waals surface area contributed by atoms with Gasteiger partial charge in [0.1, 0.15) is 11.3 Å². The third kappa shape index (κ3) is 2.01. The third-order valence-electron chi connectivity index (χ3n) is 1.90. The monoisotopic (exact) mass is 212 g/mol. The molecule has 1 rings (SSSR count). The van der Waals surface area contributed by atoms with Gasteiger partial charge in [-0.25, -0.2) is 4.79 Å². The average Bonchev–Trinajstić information content (AvgIpc) is 2.15. The van der Waals surface area contributed by atoms with E-state index in [0.717, 1.165) is 0 Å². The van der Waals surface area contributed by atoms with Gasteiger partial charge in [-0.1, -0.05) is 0 Å². The van der Waals surface area contributed by atoms with E-state index in [-0.39, 0.29) is 11.3 Å². The number of aromatic hydroxyl groups is 1. The number of esters is 1. The Labute approximate surface area is 88.1 Å². The van der Waals surface area contributed by atoms with Gasteiger partial charge in [0.05, 0.1) is 6.61 Å². The zero-order valence-electron chi connectivity index (χ0n) is 8.07. The number of ether oxygens (including phenoxy) is 1. The van der Waals surface area contributed by atoms with Crippen molar-refractivity contribution in [1.29, 1.82) is 0 Å². The Morgan fingerprint density at radius 3 is 2.79 bits per heavy atom. The molecule has 0 heterocycles. The highest BCUT2D eigenvalue weighted by molar-refractivity contribution is 7.80. The molecule has 4 heteroatoms. The standard InChI is InChI=1S/C10H12O3S/c1-3-13-10(12)7-4-5-8(14)6(2)9(7)11/h4-5,11,14H,3H2,1-2H3. The summed E-state index contributed by atoms with van der Waals surface area (Å²) in [5.74, 6) is -0.572. The average molecular weight is 212 g/mol. The predicted molar refractivity (Wildman–Crippen MR) is 56.1 cm³/mol. The van der Waals surface area contributed by atoms with E-state index < -0.39 is 5.97 Å². The number of rotatable bonds is 2. The van der Waals surface area contributed by atoms with E-state index in [2.05, 4.69) is 12.6 Å². The molecule has 0 bridgehead atoms. The SMILES string of the molecule is CCOC(=O)c1ccc(S)c(C)c1O. The van der Waals surface area contributed by atoms with Crippen molar-refractivity contribution in [3.05, 3.63) is 23.3 Å². The summed E-state index contributed by atoms with van der Waals surface area (Å²) in [4.78, 5) is 12.0. The first kappa shape index (κ1) is 10.9. The minimum absolute atomic E-state index is 0.0593. The number of carbonyl (C=O) groups excluding carboxylic acids is 1. The van der Waals surface area contributed by atoms with Crippen molar-refractivity contribution in [1.82, 2.24) is 0 Å². The van der Waals surface area contributed by atoms with E-state index in [1.165, 1.54) is 6.07 Å². The summed E-state index contributed by atoms with van der Waals surface area (Å²) in [7, 11) is 0. The van der Waals surface area contributed by atoms with E-state index in [1.807, 2.05) is 0 Å². The second-order valence-corrected chi connectivity index (χ2v) is 3.31. The lowest BCUT2D eigenvalue weighted by Crippen LogP contribution is -2.05. The summed E-state index contributed by atoms with van der Waals surface area (Å²) in [5, 5.41) is 9.63. The van der Waals surface area contributed by atoms with Crippen molar-refractivity contribution in [3.8, 4) is 5.75 Å². The number of carbonyl (C=O) groups is 1. The summed E-state index contributed by atoms with van der Waals surface area (Å²) in [6.45, 7) is 3.70. The zero-order valence-corrected chi connectivity index (χ0v) is 8.97. The Balaban J connectivity index is 3.11. The van der Waals surface area contributed by atoms with E-state index in [0.29, 0.717) is 17.1 Å². The molecule has 0 radical (unpaired) electrons. The van der Waals surface area contributed by atoms with Gasteiger partial charge in [-0.2, -0.15) is 0 Å². The lowest BCUT2D eigenvalue weighted by Gasteiger charge is -2.07. The van der Waals surface area contributed by atoms with E-state index in [9.17, 15) is 9.90 Å².